The third kappa shape index (κ3) is 6.28. The zero-order valence-electron chi connectivity index (χ0n) is 20.5. The largest absolute Gasteiger partial charge is 0.493 e. The molecule has 36 heavy (non-hydrogen) atoms. The Labute approximate surface area is 214 Å². The highest BCUT2D eigenvalue weighted by Crippen LogP contribution is 2.30. The van der Waals surface area contributed by atoms with Gasteiger partial charge in [0.15, 0.2) is 0 Å². The van der Waals surface area contributed by atoms with Crippen molar-refractivity contribution in [3.63, 3.8) is 0 Å². The van der Waals surface area contributed by atoms with E-state index in [0.717, 1.165) is 47.0 Å². The fraction of sp³-hybridized carbons (Fsp3) is 0.333. The first-order valence-electron chi connectivity index (χ1n) is 12.2. The summed E-state index contributed by atoms with van der Waals surface area (Å²) < 4.78 is 5.76. The van der Waals surface area contributed by atoms with Crippen LogP contribution in [0.1, 0.15) is 60.6 Å². The highest BCUT2D eigenvalue weighted by atomic mass is 32.1. The first-order valence-corrected chi connectivity index (χ1v) is 13.1. The van der Waals surface area contributed by atoms with Crippen molar-refractivity contribution in [3.8, 4) is 17.0 Å². The quantitative estimate of drug-likeness (QED) is 0.228. The van der Waals surface area contributed by atoms with Gasteiger partial charge in [0.25, 0.3) is 5.91 Å². The van der Waals surface area contributed by atoms with E-state index in [-0.39, 0.29) is 17.9 Å². The summed E-state index contributed by atoms with van der Waals surface area (Å²) in [6.07, 6.45) is 7.14. The van der Waals surface area contributed by atoms with Crippen LogP contribution in [-0.4, -0.2) is 40.4 Å². The van der Waals surface area contributed by atoms with E-state index in [4.69, 9.17) is 4.74 Å². The topological polar surface area (TPSA) is 109 Å². The number of unbranched alkanes of at least 4 members (excludes halogenated alkanes) is 2. The number of aromatic nitrogens is 3. The van der Waals surface area contributed by atoms with Gasteiger partial charge in [-0.2, -0.15) is 0 Å². The van der Waals surface area contributed by atoms with Crippen LogP contribution in [-0.2, 0) is 4.79 Å². The van der Waals surface area contributed by atoms with Crippen molar-refractivity contribution in [2.75, 3.05) is 13.7 Å². The lowest BCUT2D eigenvalue weighted by Gasteiger charge is -2.16. The molecule has 0 saturated heterocycles. The Balaban J connectivity index is 1.51. The molecule has 1 unspecified atom stereocenters. The number of carbonyl (C=O) groups excluding carboxylic acids is 2. The minimum Gasteiger partial charge on any atom is -0.493 e. The number of rotatable bonds is 12. The molecular formula is C27H31N5O3S. The molecule has 4 rings (SSSR count). The Morgan fingerprint density at radius 3 is 2.81 bits per heavy atom. The number of nitrogens with one attached hydrogen (secondary N) is 3. The van der Waals surface area contributed by atoms with Crippen molar-refractivity contribution in [1.82, 2.24) is 25.6 Å². The lowest BCUT2D eigenvalue weighted by Crippen LogP contribution is -2.28. The van der Waals surface area contributed by atoms with Gasteiger partial charge in [-0.25, -0.2) is 4.98 Å². The number of carbonyl (C=O) groups is 2. The van der Waals surface area contributed by atoms with Crippen LogP contribution in [0.3, 0.4) is 0 Å². The van der Waals surface area contributed by atoms with Crippen molar-refractivity contribution in [2.24, 2.45) is 0 Å². The van der Waals surface area contributed by atoms with Crippen molar-refractivity contribution < 1.29 is 14.3 Å². The number of H-pyrrole nitrogens is 1. The van der Waals surface area contributed by atoms with E-state index in [2.05, 4.69) is 43.8 Å². The molecular weight excluding hydrogens is 474 g/mol. The number of ether oxygens (including phenoxy) is 1. The lowest BCUT2D eigenvalue weighted by atomic mass is 10.0. The summed E-state index contributed by atoms with van der Waals surface area (Å²) in [5.41, 5.74) is 3.53. The van der Waals surface area contributed by atoms with Crippen LogP contribution in [0.2, 0.25) is 0 Å². The Hall–Kier alpha value is -3.72. The van der Waals surface area contributed by atoms with Gasteiger partial charge >= 0.3 is 0 Å². The van der Waals surface area contributed by atoms with E-state index < -0.39 is 0 Å². The predicted molar refractivity (Wildman–Crippen MR) is 142 cm³/mol. The molecule has 4 aromatic rings. The van der Waals surface area contributed by atoms with E-state index in [9.17, 15) is 9.59 Å². The first-order chi connectivity index (χ1) is 17.6. The van der Waals surface area contributed by atoms with Gasteiger partial charge in [0.2, 0.25) is 5.91 Å². The van der Waals surface area contributed by atoms with Crippen LogP contribution in [0.15, 0.2) is 54.3 Å². The van der Waals surface area contributed by atoms with Gasteiger partial charge in [-0.1, -0.05) is 31.0 Å². The number of benzene rings is 2. The summed E-state index contributed by atoms with van der Waals surface area (Å²) in [5.74, 6) is 1.45. The normalized spacial score (nSPS) is 11.8. The average molecular weight is 506 g/mol. The summed E-state index contributed by atoms with van der Waals surface area (Å²) in [4.78, 5) is 36.9. The van der Waals surface area contributed by atoms with E-state index in [1.165, 1.54) is 11.3 Å². The maximum absolute atomic E-state index is 12.8. The van der Waals surface area contributed by atoms with Crippen LogP contribution in [0.5, 0.6) is 5.75 Å². The molecule has 0 radical (unpaired) electrons. The Morgan fingerprint density at radius 2 is 2.03 bits per heavy atom. The standard InChI is InChI=1S/C27H31N5O3S/c1-3-35-23-10-7-8-18-14-19(12-13-20(18)23)22-15-30-26(31-22)21(9-5-4-6-11-25(33)28-2)32-27(34)24-16-29-17-36-24/h7-8,10,12-17,21H,3-6,9,11H2,1-2H3,(H,28,33)(H,30,31)(H,32,34). The summed E-state index contributed by atoms with van der Waals surface area (Å²) in [6.45, 7) is 2.59. The molecule has 3 N–H and O–H groups in total. The van der Waals surface area contributed by atoms with Crippen molar-refractivity contribution in [2.45, 2.75) is 45.1 Å². The SMILES string of the molecule is CCOc1cccc2cc(-c3cnc(C(CCCCCC(=O)NC)NC(=O)c4cncs4)[nH]3)ccc12. The van der Waals surface area contributed by atoms with Crippen LogP contribution in [0.4, 0.5) is 0 Å². The maximum Gasteiger partial charge on any atom is 0.263 e. The third-order valence-corrected chi connectivity index (χ3v) is 6.79. The zero-order chi connectivity index (χ0) is 25.3. The molecule has 2 amide bonds. The number of imidazole rings is 1. The summed E-state index contributed by atoms with van der Waals surface area (Å²) in [7, 11) is 1.65. The number of thiazole rings is 1. The van der Waals surface area contributed by atoms with Crippen molar-refractivity contribution in [3.05, 3.63) is 65.0 Å². The van der Waals surface area contributed by atoms with E-state index in [1.807, 2.05) is 25.1 Å². The van der Waals surface area contributed by atoms with Crippen LogP contribution < -0.4 is 15.4 Å². The molecule has 2 heterocycles. The molecule has 0 aliphatic heterocycles. The molecule has 2 aromatic carbocycles. The van der Waals surface area contributed by atoms with Crippen LogP contribution >= 0.6 is 11.3 Å². The maximum atomic E-state index is 12.8. The number of aromatic amines is 1. The molecule has 0 bridgehead atoms. The highest BCUT2D eigenvalue weighted by molar-refractivity contribution is 7.11. The average Bonchev–Trinajstić information content (AvgIpc) is 3.61. The summed E-state index contributed by atoms with van der Waals surface area (Å²) in [5, 5.41) is 7.90. The molecule has 188 valence electrons. The fourth-order valence-corrected chi connectivity index (χ4v) is 4.66. The molecule has 9 heteroatoms. The molecule has 0 aliphatic carbocycles. The van der Waals surface area contributed by atoms with Crippen LogP contribution in [0.25, 0.3) is 22.0 Å². The minimum atomic E-state index is -0.279. The van der Waals surface area contributed by atoms with E-state index in [1.54, 1.807) is 25.0 Å². The van der Waals surface area contributed by atoms with E-state index in [0.29, 0.717) is 30.2 Å². The second kappa shape index (κ2) is 12.3. The number of hydrogen-bond donors (Lipinski definition) is 3. The second-order valence-corrected chi connectivity index (χ2v) is 9.36. The van der Waals surface area contributed by atoms with Gasteiger partial charge in [-0.05, 0) is 43.4 Å². The number of amides is 2. The van der Waals surface area contributed by atoms with Gasteiger partial charge in [-0.3, -0.25) is 14.6 Å². The van der Waals surface area contributed by atoms with Crippen LogP contribution in [0, 0.1) is 0 Å². The van der Waals surface area contributed by atoms with E-state index >= 15 is 0 Å². The lowest BCUT2D eigenvalue weighted by molar-refractivity contribution is -0.120. The fourth-order valence-electron chi connectivity index (χ4n) is 4.13. The monoisotopic (exact) mass is 505 g/mol. The molecule has 0 aliphatic rings. The van der Waals surface area contributed by atoms with Crippen molar-refractivity contribution in [1.29, 1.82) is 0 Å². The molecule has 8 nitrogen and oxygen atoms in total. The molecule has 2 aromatic heterocycles. The number of hydrogen-bond acceptors (Lipinski definition) is 6. The molecule has 0 fully saturated rings. The number of nitrogens with zero attached hydrogens (tertiary/aromatic N) is 2. The second-order valence-electron chi connectivity index (χ2n) is 8.47. The van der Waals surface area contributed by atoms with Crippen molar-refractivity contribution >= 4 is 33.9 Å². The van der Waals surface area contributed by atoms with Gasteiger partial charge in [0.1, 0.15) is 16.5 Å². The predicted octanol–water partition coefficient (Wildman–Crippen LogP) is 5.25. The Bertz CT molecular complexity index is 1300. The van der Waals surface area contributed by atoms with Gasteiger partial charge < -0.3 is 20.4 Å². The van der Waals surface area contributed by atoms with Gasteiger partial charge in [-0.15, -0.1) is 11.3 Å². The summed E-state index contributed by atoms with van der Waals surface area (Å²) in [6, 6.07) is 12.0. The molecule has 0 spiro atoms. The summed E-state index contributed by atoms with van der Waals surface area (Å²) >= 11 is 1.31. The number of fused-ring (bicyclic) bond motifs is 1. The molecule has 1 atom stereocenters. The molecule has 0 saturated carbocycles. The van der Waals surface area contributed by atoms with Gasteiger partial charge in [0.05, 0.1) is 36.2 Å². The third-order valence-electron chi connectivity index (χ3n) is 6.01. The van der Waals surface area contributed by atoms with Gasteiger partial charge in [0, 0.05) is 24.4 Å². The Morgan fingerprint density at radius 1 is 1.14 bits per heavy atom. The highest BCUT2D eigenvalue weighted by Gasteiger charge is 2.20. The minimum absolute atomic E-state index is 0.0458. The Kier molecular flexibility index (Phi) is 8.67. The first kappa shape index (κ1) is 25.4. The smallest absolute Gasteiger partial charge is 0.263 e. The zero-order valence-corrected chi connectivity index (χ0v) is 21.4.